The van der Waals surface area contributed by atoms with Crippen molar-refractivity contribution in [1.29, 1.82) is 0 Å². The number of likely N-dealkylation sites (tertiary alicyclic amines) is 1. The van der Waals surface area contributed by atoms with E-state index in [9.17, 15) is 9.90 Å². The third-order valence-corrected chi connectivity index (χ3v) is 7.75. The molecule has 1 spiro atoms. The van der Waals surface area contributed by atoms with Gasteiger partial charge in [0.25, 0.3) is 0 Å². The topological polar surface area (TPSA) is 80.8 Å². The number of aliphatic hydroxyl groups is 1. The van der Waals surface area contributed by atoms with Gasteiger partial charge in [-0.3, -0.25) is 0 Å². The van der Waals surface area contributed by atoms with E-state index in [1.54, 1.807) is 7.11 Å². The normalized spacial score (nSPS) is 22.8. The van der Waals surface area contributed by atoms with Crippen LogP contribution in [0.1, 0.15) is 56.3 Å². The van der Waals surface area contributed by atoms with Crippen LogP contribution in [0.4, 0.5) is 4.79 Å². The van der Waals surface area contributed by atoms with E-state index in [1.807, 2.05) is 17.0 Å². The van der Waals surface area contributed by atoms with Gasteiger partial charge in [0.1, 0.15) is 5.75 Å². The Balaban J connectivity index is 1.51. The highest BCUT2D eigenvalue weighted by molar-refractivity contribution is 5.89. The highest BCUT2D eigenvalue weighted by Crippen LogP contribution is 2.49. The van der Waals surface area contributed by atoms with Crippen molar-refractivity contribution in [1.82, 2.24) is 20.1 Å². The zero-order chi connectivity index (χ0) is 22.3. The van der Waals surface area contributed by atoms with Gasteiger partial charge in [-0.1, -0.05) is 19.8 Å². The van der Waals surface area contributed by atoms with Crippen LogP contribution < -0.4 is 10.1 Å². The summed E-state index contributed by atoms with van der Waals surface area (Å²) in [5.41, 5.74) is 3.18. The molecule has 2 fully saturated rings. The zero-order valence-corrected chi connectivity index (χ0v) is 19.3. The average Bonchev–Trinajstić information content (AvgIpc) is 3.43. The molecule has 1 aromatic carbocycles. The SMILES string of the molecule is CCCNC(=O)N1CC2(CN(CC3CCCC3)C2)c2c([nH]c3cc(OC)ccc23)[C@H]1CO. The molecule has 174 valence electrons. The molecule has 7 heteroatoms. The molecule has 3 N–H and O–H groups in total. The number of nitrogens with one attached hydrogen (secondary N) is 2. The fourth-order valence-electron chi connectivity index (χ4n) is 6.31. The Morgan fingerprint density at radius 2 is 2.06 bits per heavy atom. The summed E-state index contributed by atoms with van der Waals surface area (Å²) in [7, 11) is 1.68. The third-order valence-electron chi connectivity index (χ3n) is 7.75. The summed E-state index contributed by atoms with van der Waals surface area (Å²) in [6.07, 6.45) is 6.31. The fourth-order valence-corrected chi connectivity index (χ4v) is 6.31. The number of aromatic nitrogens is 1. The van der Waals surface area contributed by atoms with Crippen molar-refractivity contribution in [2.75, 3.05) is 46.4 Å². The molecule has 1 saturated heterocycles. The maximum Gasteiger partial charge on any atom is 0.318 e. The monoisotopic (exact) mass is 440 g/mol. The van der Waals surface area contributed by atoms with E-state index >= 15 is 0 Å². The van der Waals surface area contributed by atoms with Crippen LogP contribution in [-0.4, -0.2) is 72.4 Å². The van der Waals surface area contributed by atoms with E-state index in [-0.39, 0.29) is 24.1 Å². The molecule has 0 bridgehead atoms. The first-order valence-electron chi connectivity index (χ1n) is 12.2. The van der Waals surface area contributed by atoms with Gasteiger partial charge in [0.15, 0.2) is 0 Å². The minimum Gasteiger partial charge on any atom is -0.497 e. The molecule has 2 aromatic rings. The fraction of sp³-hybridized carbons (Fsp3) is 0.640. The third kappa shape index (κ3) is 3.55. The molecule has 1 aliphatic carbocycles. The summed E-state index contributed by atoms with van der Waals surface area (Å²) in [6, 6.07) is 5.71. The number of carbonyl (C=O) groups is 1. The largest absolute Gasteiger partial charge is 0.497 e. The predicted molar refractivity (Wildman–Crippen MR) is 125 cm³/mol. The Morgan fingerprint density at radius 1 is 1.28 bits per heavy atom. The summed E-state index contributed by atoms with van der Waals surface area (Å²) in [5.74, 6) is 1.62. The first-order chi connectivity index (χ1) is 15.6. The Labute approximate surface area is 190 Å². The van der Waals surface area contributed by atoms with Gasteiger partial charge >= 0.3 is 6.03 Å². The molecule has 1 aromatic heterocycles. The number of aromatic amines is 1. The molecular formula is C25H36N4O3. The highest BCUT2D eigenvalue weighted by atomic mass is 16.5. The number of rotatable bonds is 6. The van der Waals surface area contributed by atoms with Crippen LogP contribution in [0.2, 0.25) is 0 Å². The number of aliphatic hydroxyl groups excluding tert-OH is 1. The minimum atomic E-state index is -0.366. The van der Waals surface area contributed by atoms with Crippen molar-refractivity contribution in [3.8, 4) is 5.75 Å². The van der Waals surface area contributed by atoms with Crippen LogP contribution >= 0.6 is 0 Å². The van der Waals surface area contributed by atoms with Crippen LogP contribution in [0.3, 0.4) is 0 Å². The van der Waals surface area contributed by atoms with Crippen molar-refractivity contribution >= 4 is 16.9 Å². The smallest absolute Gasteiger partial charge is 0.318 e. The Hall–Kier alpha value is -2.25. The van der Waals surface area contributed by atoms with Gasteiger partial charge in [-0.2, -0.15) is 0 Å². The van der Waals surface area contributed by atoms with E-state index in [2.05, 4.69) is 28.2 Å². The molecule has 2 amide bonds. The van der Waals surface area contributed by atoms with E-state index in [0.29, 0.717) is 13.1 Å². The van der Waals surface area contributed by atoms with Gasteiger partial charge in [0, 0.05) is 60.8 Å². The molecule has 5 rings (SSSR count). The second-order valence-electron chi connectivity index (χ2n) is 9.98. The zero-order valence-electron chi connectivity index (χ0n) is 19.3. The molecule has 1 saturated carbocycles. The molecule has 3 heterocycles. The van der Waals surface area contributed by atoms with E-state index in [1.165, 1.54) is 43.2 Å². The maximum atomic E-state index is 13.1. The van der Waals surface area contributed by atoms with E-state index in [0.717, 1.165) is 42.4 Å². The Bertz CT molecular complexity index is 975. The summed E-state index contributed by atoms with van der Waals surface area (Å²) in [4.78, 5) is 21.1. The summed E-state index contributed by atoms with van der Waals surface area (Å²) < 4.78 is 5.44. The van der Waals surface area contributed by atoms with Gasteiger partial charge in [-0.05, 0) is 42.9 Å². The number of amides is 2. The second kappa shape index (κ2) is 8.60. The Kier molecular flexibility index (Phi) is 5.80. The molecule has 0 radical (unpaired) electrons. The van der Waals surface area contributed by atoms with Gasteiger partial charge in [-0.25, -0.2) is 4.79 Å². The lowest BCUT2D eigenvalue weighted by atomic mass is 9.68. The number of carbonyl (C=O) groups excluding carboxylic acids is 1. The standard InChI is InChI=1S/C25H36N4O3/c1-3-10-26-24(31)29-16-25(14-28(15-25)12-17-6-4-5-7-17)22-19-9-8-18(32-2)11-20(19)27-23(22)21(29)13-30/h8-9,11,17,21,27,30H,3-7,10,12-16H2,1-2H3,(H,26,31)/t21-/m1/s1. The van der Waals surface area contributed by atoms with E-state index in [4.69, 9.17) is 4.74 Å². The van der Waals surface area contributed by atoms with Crippen molar-refractivity contribution in [3.63, 3.8) is 0 Å². The van der Waals surface area contributed by atoms with Gasteiger partial charge in [0.05, 0.1) is 19.8 Å². The first kappa shape index (κ1) is 21.6. The number of urea groups is 1. The first-order valence-corrected chi connectivity index (χ1v) is 12.2. The van der Waals surface area contributed by atoms with Crippen LogP contribution in [0.25, 0.3) is 10.9 Å². The number of hydrogen-bond donors (Lipinski definition) is 3. The predicted octanol–water partition coefficient (Wildman–Crippen LogP) is 3.39. The second-order valence-corrected chi connectivity index (χ2v) is 9.98. The molecule has 7 nitrogen and oxygen atoms in total. The number of nitrogens with zero attached hydrogens (tertiary/aromatic N) is 2. The maximum absolute atomic E-state index is 13.1. The minimum absolute atomic E-state index is 0.0820. The number of hydrogen-bond acceptors (Lipinski definition) is 4. The van der Waals surface area contributed by atoms with Crippen LogP contribution in [0.15, 0.2) is 18.2 Å². The van der Waals surface area contributed by atoms with Crippen molar-refractivity contribution in [2.45, 2.75) is 50.5 Å². The highest BCUT2D eigenvalue weighted by Gasteiger charge is 2.53. The molecule has 32 heavy (non-hydrogen) atoms. The molecule has 2 aliphatic heterocycles. The Morgan fingerprint density at radius 3 is 2.75 bits per heavy atom. The summed E-state index contributed by atoms with van der Waals surface area (Å²) >= 11 is 0. The van der Waals surface area contributed by atoms with Gasteiger partial charge in [-0.15, -0.1) is 0 Å². The van der Waals surface area contributed by atoms with Crippen LogP contribution in [0, 0.1) is 5.92 Å². The lowest BCUT2D eigenvalue weighted by Gasteiger charge is -2.56. The summed E-state index contributed by atoms with van der Waals surface area (Å²) in [6.45, 7) is 6.33. The molecule has 0 unspecified atom stereocenters. The quantitative estimate of drug-likeness (QED) is 0.643. The summed E-state index contributed by atoms with van der Waals surface area (Å²) in [5, 5.41) is 14.6. The molecule has 1 atom stereocenters. The number of fused-ring (bicyclic) bond motifs is 4. The van der Waals surface area contributed by atoms with Gasteiger partial charge < -0.3 is 29.9 Å². The lowest BCUT2D eigenvalue weighted by molar-refractivity contribution is 0.00338. The van der Waals surface area contributed by atoms with Crippen molar-refractivity contribution in [2.24, 2.45) is 5.92 Å². The number of ether oxygens (including phenoxy) is 1. The number of H-pyrrole nitrogens is 1. The molecule has 3 aliphatic rings. The van der Waals surface area contributed by atoms with Crippen molar-refractivity contribution in [3.05, 3.63) is 29.5 Å². The number of benzene rings is 1. The van der Waals surface area contributed by atoms with Crippen LogP contribution in [-0.2, 0) is 5.41 Å². The van der Waals surface area contributed by atoms with Crippen molar-refractivity contribution < 1.29 is 14.6 Å². The lowest BCUT2D eigenvalue weighted by Crippen LogP contribution is -2.68. The average molecular weight is 441 g/mol. The van der Waals surface area contributed by atoms with Crippen LogP contribution in [0.5, 0.6) is 5.75 Å². The van der Waals surface area contributed by atoms with E-state index < -0.39 is 0 Å². The molecular weight excluding hydrogens is 404 g/mol. The number of methoxy groups -OCH3 is 1. The van der Waals surface area contributed by atoms with Gasteiger partial charge in [0.2, 0.25) is 0 Å².